The van der Waals surface area contributed by atoms with E-state index in [-0.39, 0.29) is 0 Å². The minimum absolute atomic E-state index is 0.631. The first kappa shape index (κ1) is 7.63. The van der Waals surface area contributed by atoms with Gasteiger partial charge >= 0.3 is 0 Å². The van der Waals surface area contributed by atoms with Crippen molar-refractivity contribution in [2.24, 2.45) is 0 Å². The lowest BCUT2D eigenvalue weighted by molar-refractivity contribution is 1.33. The van der Waals surface area contributed by atoms with Crippen LogP contribution in [0.25, 0.3) is 0 Å². The quantitative estimate of drug-likeness (QED) is 0.741. The van der Waals surface area contributed by atoms with Crippen LogP contribution < -0.4 is 5.32 Å². The van der Waals surface area contributed by atoms with Crippen LogP contribution in [0.1, 0.15) is 0 Å². The maximum Gasteiger partial charge on any atom is 0.0502 e. The Morgan fingerprint density at radius 2 is 2.60 bits per heavy atom. The molecule has 0 aromatic carbocycles. The molecule has 1 heterocycles. The number of rotatable bonds is 3. The van der Waals surface area contributed by atoms with E-state index in [1.807, 2.05) is 16.8 Å². The largest absolute Gasteiger partial charge is 0.379 e. The smallest absolute Gasteiger partial charge is 0.0502 e. The lowest BCUT2D eigenvalue weighted by atomic mass is 10.5. The third kappa shape index (κ3) is 2.42. The summed E-state index contributed by atoms with van der Waals surface area (Å²) in [5, 5.41) is 7.77. The van der Waals surface area contributed by atoms with Gasteiger partial charge in [0.05, 0.1) is 6.54 Å². The molecule has 0 saturated carbocycles. The van der Waals surface area contributed by atoms with E-state index >= 15 is 0 Å². The van der Waals surface area contributed by atoms with Gasteiger partial charge in [0, 0.05) is 16.1 Å². The van der Waals surface area contributed by atoms with Crippen molar-refractivity contribution in [3.05, 3.63) is 28.4 Å². The standard InChI is InChI=1S/C7H8ClNS/c1-6(8)4-9-7-2-3-10-5-7/h2-3,5,9H,1,4H2. The van der Waals surface area contributed by atoms with Gasteiger partial charge in [0.2, 0.25) is 0 Å². The summed E-state index contributed by atoms with van der Waals surface area (Å²) >= 11 is 7.20. The van der Waals surface area contributed by atoms with Crippen molar-refractivity contribution in [1.82, 2.24) is 0 Å². The van der Waals surface area contributed by atoms with Crippen LogP contribution in [0.4, 0.5) is 5.69 Å². The fraction of sp³-hybridized carbons (Fsp3) is 0.143. The van der Waals surface area contributed by atoms with E-state index in [0.717, 1.165) is 5.69 Å². The highest BCUT2D eigenvalue weighted by molar-refractivity contribution is 7.08. The molecule has 54 valence electrons. The van der Waals surface area contributed by atoms with Crippen LogP contribution in [0.15, 0.2) is 28.4 Å². The van der Waals surface area contributed by atoms with E-state index in [0.29, 0.717) is 11.6 Å². The Morgan fingerprint density at radius 3 is 3.10 bits per heavy atom. The second kappa shape index (κ2) is 3.64. The minimum Gasteiger partial charge on any atom is -0.379 e. The number of hydrogen-bond donors (Lipinski definition) is 1. The zero-order chi connectivity index (χ0) is 7.40. The molecule has 1 aromatic heterocycles. The van der Waals surface area contributed by atoms with Crippen LogP contribution in [-0.2, 0) is 0 Å². The zero-order valence-electron chi connectivity index (χ0n) is 5.43. The maximum absolute atomic E-state index is 5.54. The van der Waals surface area contributed by atoms with Gasteiger partial charge in [-0.15, -0.1) is 0 Å². The third-order valence-corrected chi connectivity index (χ3v) is 1.82. The van der Waals surface area contributed by atoms with Crippen LogP contribution >= 0.6 is 22.9 Å². The molecule has 0 radical (unpaired) electrons. The van der Waals surface area contributed by atoms with Crippen molar-refractivity contribution in [2.45, 2.75) is 0 Å². The second-order valence-corrected chi connectivity index (χ2v) is 3.20. The normalized spacial score (nSPS) is 9.30. The molecule has 0 atom stereocenters. The molecule has 1 rings (SSSR count). The van der Waals surface area contributed by atoms with Gasteiger partial charge in [-0.3, -0.25) is 0 Å². The summed E-state index contributed by atoms with van der Waals surface area (Å²) < 4.78 is 0. The minimum atomic E-state index is 0.631. The monoisotopic (exact) mass is 173 g/mol. The van der Waals surface area contributed by atoms with E-state index < -0.39 is 0 Å². The summed E-state index contributed by atoms with van der Waals surface area (Å²) in [5.74, 6) is 0. The molecule has 0 bridgehead atoms. The van der Waals surface area contributed by atoms with Crippen molar-refractivity contribution in [3.8, 4) is 0 Å². The Morgan fingerprint density at radius 1 is 1.80 bits per heavy atom. The Bertz CT molecular complexity index is 205. The predicted molar refractivity (Wildman–Crippen MR) is 47.8 cm³/mol. The number of thiophene rings is 1. The summed E-state index contributed by atoms with van der Waals surface area (Å²) in [6, 6.07) is 2.00. The van der Waals surface area contributed by atoms with Crippen molar-refractivity contribution < 1.29 is 0 Å². The zero-order valence-corrected chi connectivity index (χ0v) is 7.00. The molecule has 1 aromatic rings. The number of anilines is 1. The van der Waals surface area contributed by atoms with Crippen LogP contribution in [0.3, 0.4) is 0 Å². The number of halogens is 1. The Labute approximate surface area is 69.3 Å². The van der Waals surface area contributed by atoms with E-state index in [4.69, 9.17) is 11.6 Å². The van der Waals surface area contributed by atoms with E-state index in [1.165, 1.54) is 0 Å². The van der Waals surface area contributed by atoms with Crippen molar-refractivity contribution in [3.63, 3.8) is 0 Å². The summed E-state index contributed by atoms with van der Waals surface area (Å²) in [7, 11) is 0. The number of hydrogen-bond acceptors (Lipinski definition) is 2. The first-order valence-electron chi connectivity index (χ1n) is 2.88. The van der Waals surface area contributed by atoms with E-state index in [2.05, 4.69) is 11.9 Å². The van der Waals surface area contributed by atoms with Gasteiger partial charge in [-0.25, -0.2) is 0 Å². The third-order valence-electron chi connectivity index (χ3n) is 1.01. The molecule has 0 aliphatic carbocycles. The fourth-order valence-electron chi connectivity index (χ4n) is 0.563. The predicted octanol–water partition coefficient (Wildman–Crippen LogP) is 2.91. The molecule has 0 spiro atoms. The topological polar surface area (TPSA) is 12.0 Å². The van der Waals surface area contributed by atoms with Crippen molar-refractivity contribution >= 4 is 28.6 Å². The molecule has 10 heavy (non-hydrogen) atoms. The van der Waals surface area contributed by atoms with Gasteiger partial charge in [-0.05, 0) is 11.4 Å². The SMILES string of the molecule is C=C(Cl)CNc1ccsc1. The second-order valence-electron chi connectivity index (χ2n) is 1.88. The molecule has 3 heteroatoms. The fourth-order valence-corrected chi connectivity index (χ4v) is 1.24. The highest BCUT2D eigenvalue weighted by atomic mass is 35.5. The summed E-state index contributed by atoms with van der Waals surface area (Å²) in [6.45, 7) is 4.20. The first-order valence-corrected chi connectivity index (χ1v) is 4.20. The van der Waals surface area contributed by atoms with E-state index in [9.17, 15) is 0 Å². The van der Waals surface area contributed by atoms with Crippen LogP contribution in [0.5, 0.6) is 0 Å². The van der Waals surface area contributed by atoms with Gasteiger partial charge in [0.1, 0.15) is 0 Å². The highest BCUT2D eigenvalue weighted by Crippen LogP contribution is 2.12. The van der Waals surface area contributed by atoms with Crippen LogP contribution in [0, 0.1) is 0 Å². The summed E-state index contributed by atoms with van der Waals surface area (Å²) in [5.41, 5.74) is 1.10. The molecule has 0 saturated heterocycles. The van der Waals surface area contributed by atoms with Crippen molar-refractivity contribution in [1.29, 1.82) is 0 Å². The molecule has 0 unspecified atom stereocenters. The molecule has 0 fully saturated rings. The average Bonchev–Trinajstić information content (AvgIpc) is 2.34. The molecular weight excluding hydrogens is 166 g/mol. The van der Waals surface area contributed by atoms with Gasteiger partial charge in [0.25, 0.3) is 0 Å². The Kier molecular flexibility index (Phi) is 2.78. The number of nitrogens with one attached hydrogen (secondary N) is 1. The molecule has 1 N–H and O–H groups in total. The van der Waals surface area contributed by atoms with Crippen molar-refractivity contribution in [2.75, 3.05) is 11.9 Å². The Hall–Kier alpha value is -0.470. The van der Waals surface area contributed by atoms with E-state index in [1.54, 1.807) is 11.3 Å². The molecular formula is C7H8ClNS. The first-order chi connectivity index (χ1) is 4.79. The average molecular weight is 174 g/mol. The van der Waals surface area contributed by atoms with Crippen LogP contribution in [0.2, 0.25) is 0 Å². The summed E-state index contributed by atoms with van der Waals surface area (Å²) in [4.78, 5) is 0. The van der Waals surface area contributed by atoms with Gasteiger partial charge in [0.15, 0.2) is 0 Å². The van der Waals surface area contributed by atoms with Gasteiger partial charge in [-0.1, -0.05) is 18.2 Å². The lowest BCUT2D eigenvalue weighted by Crippen LogP contribution is -1.98. The Balaban J connectivity index is 2.35. The maximum atomic E-state index is 5.54. The van der Waals surface area contributed by atoms with Gasteiger partial charge < -0.3 is 5.32 Å². The lowest BCUT2D eigenvalue weighted by Gasteiger charge is -1.99. The highest BCUT2D eigenvalue weighted by Gasteiger charge is 1.90. The van der Waals surface area contributed by atoms with Gasteiger partial charge in [-0.2, -0.15) is 11.3 Å². The molecule has 1 nitrogen and oxygen atoms in total. The molecule has 0 aliphatic rings. The van der Waals surface area contributed by atoms with Crippen LogP contribution in [-0.4, -0.2) is 6.54 Å². The molecule has 0 amide bonds. The summed E-state index contributed by atoms with van der Waals surface area (Å²) in [6.07, 6.45) is 0. The molecule has 0 aliphatic heterocycles.